The number of carbonyl (C=O) groups is 1. The molecule has 8 heteroatoms. The van der Waals surface area contributed by atoms with E-state index in [0.29, 0.717) is 31.9 Å². The number of nitrogens with one attached hydrogen (secondary N) is 1. The summed E-state index contributed by atoms with van der Waals surface area (Å²) in [5, 5.41) is 15.4. The number of benzene rings is 2. The molecular formula is C32H42N4O4. The molecular weight excluding hydrogens is 504 g/mol. The van der Waals surface area contributed by atoms with E-state index in [4.69, 9.17) is 14.5 Å². The van der Waals surface area contributed by atoms with Crippen molar-refractivity contribution >= 4 is 5.91 Å². The minimum atomic E-state index is -1.04. The monoisotopic (exact) mass is 546 g/mol. The standard InChI is InChI=1S/C32H42N4O4/c1-39-19-10-20-40-23-32(38)16-9-8-15-28(32)36-24-34-29(30(36)26-13-6-3-7-14-26)31(37)35-18-17-33-22-27(35)21-25-11-4-2-5-12-25/h2-7,11-14,24,27-28,33,38H,8-10,15-23H2,1H3/t27-,28?,32?/m1/s1. The van der Waals surface area contributed by atoms with Crippen molar-refractivity contribution in [2.75, 3.05) is 46.6 Å². The first-order chi connectivity index (χ1) is 19.6. The van der Waals surface area contributed by atoms with Crippen molar-refractivity contribution in [3.8, 4) is 11.3 Å². The summed E-state index contributed by atoms with van der Waals surface area (Å²) in [4.78, 5) is 21.0. The van der Waals surface area contributed by atoms with Crippen LogP contribution < -0.4 is 5.32 Å². The number of amides is 1. The van der Waals surface area contributed by atoms with Gasteiger partial charge in [-0.05, 0) is 31.2 Å². The number of rotatable bonds is 11. The molecule has 2 unspecified atom stereocenters. The van der Waals surface area contributed by atoms with E-state index in [1.54, 1.807) is 13.4 Å². The third-order valence-electron chi connectivity index (χ3n) is 8.25. The zero-order chi connectivity index (χ0) is 27.8. The van der Waals surface area contributed by atoms with Crippen molar-refractivity contribution in [3.63, 3.8) is 0 Å². The maximum Gasteiger partial charge on any atom is 0.275 e. The van der Waals surface area contributed by atoms with E-state index in [1.807, 2.05) is 53.4 Å². The fourth-order valence-electron chi connectivity index (χ4n) is 6.19. The Balaban J connectivity index is 1.46. The normalized spacial score (nSPS) is 23.3. The lowest BCUT2D eigenvalue weighted by Crippen LogP contribution is -2.54. The van der Waals surface area contributed by atoms with Crippen LogP contribution in [-0.2, 0) is 15.9 Å². The topological polar surface area (TPSA) is 88.8 Å². The average Bonchev–Trinajstić information content (AvgIpc) is 3.43. The highest BCUT2D eigenvalue weighted by molar-refractivity contribution is 5.98. The van der Waals surface area contributed by atoms with Crippen LogP contribution in [0.15, 0.2) is 67.0 Å². The molecule has 5 rings (SSSR count). The molecule has 1 amide bonds. The van der Waals surface area contributed by atoms with Crippen molar-refractivity contribution in [3.05, 3.63) is 78.2 Å². The maximum atomic E-state index is 14.2. The van der Waals surface area contributed by atoms with Crippen molar-refractivity contribution in [2.24, 2.45) is 0 Å². The van der Waals surface area contributed by atoms with Crippen molar-refractivity contribution in [1.82, 2.24) is 19.8 Å². The van der Waals surface area contributed by atoms with Gasteiger partial charge in [0.15, 0.2) is 5.69 Å². The van der Waals surface area contributed by atoms with E-state index < -0.39 is 5.60 Å². The van der Waals surface area contributed by atoms with Gasteiger partial charge in [0.05, 0.1) is 24.7 Å². The van der Waals surface area contributed by atoms with Crippen LogP contribution in [0.2, 0.25) is 0 Å². The third-order valence-corrected chi connectivity index (χ3v) is 8.25. The van der Waals surface area contributed by atoms with Crippen molar-refractivity contribution in [1.29, 1.82) is 0 Å². The largest absolute Gasteiger partial charge is 0.385 e. The summed E-state index contributed by atoms with van der Waals surface area (Å²) < 4.78 is 13.1. The second kappa shape index (κ2) is 13.5. The molecule has 1 saturated carbocycles. The Hall–Kier alpha value is -3.04. The maximum absolute atomic E-state index is 14.2. The van der Waals surface area contributed by atoms with Crippen LogP contribution in [-0.4, -0.2) is 83.7 Å². The molecule has 2 aliphatic rings. The van der Waals surface area contributed by atoms with E-state index in [1.165, 1.54) is 5.56 Å². The summed E-state index contributed by atoms with van der Waals surface area (Å²) in [6.07, 6.45) is 6.71. The quantitative estimate of drug-likeness (QED) is 0.352. The molecule has 0 radical (unpaired) electrons. The second-order valence-electron chi connectivity index (χ2n) is 11.0. The predicted octanol–water partition coefficient (Wildman–Crippen LogP) is 4.11. The van der Waals surface area contributed by atoms with Crippen LogP contribution in [0.25, 0.3) is 11.3 Å². The molecule has 1 saturated heterocycles. The first-order valence-electron chi connectivity index (χ1n) is 14.6. The van der Waals surface area contributed by atoms with Crippen LogP contribution in [0, 0.1) is 0 Å². The molecule has 1 aliphatic carbocycles. The molecule has 2 aromatic carbocycles. The van der Waals surface area contributed by atoms with Gasteiger partial charge in [0.2, 0.25) is 0 Å². The van der Waals surface area contributed by atoms with E-state index >= 15 is 0 Å². The first kappa shape index (κ1) is 28.5. The van der Waals surface area contributed by atoms with Crippen LogP contribution in [0.1, 0.15) is 54.2 Å². The SMILES string of the molecule is COCCCOCC1(O)CCCCC1n1cnc(C(=O)N2CCNC[C@H]2Cc2ccccc2)c1-c1ccccc1. The van der Waals surface area contributed by atoms with Gasteiger partial charge < -0.3 is 29.4 Å². The Bertz CT molecular complexity index is 1220. The van der Waals surface area contributed by atoms with Gasteiger partial charge >= 0.3 is 0 Å². The van der Waals surface area contributed by atoms with Crippen LogP contribution in [0.3, 0.4) is 0 Å². The van der Waals surface area contributed by atoms with E-state index in [-0.39, 0.29) is 24.6 Å². The summed E-state index contributed by atoms with van der Waals surface area (Å²) in [5.41, 5.74) is 2.31. The fraction of sp³-hybridized carbons (Fsp3) is 0.500. The smallest absolute Gasteiger partial charge is 0.275 e. The number of carbonyl (C=O) groups excluding carboxylic acids is 1. The lowest BCUT2D eigenvalue weighted by Gasteiger charge is -2.41. The highest BCUT2D eigenvalue weighted by atomic mass is 16.5. The zero-order valence-electron chi connectivity index (χ0n) is 23.5. The first-order valence-corrected chi connectivity index (χ1v) is 14.6. The molecule has 214 valence electrons. The minimum Gasteiger partial charge on any atom is -0.385 e. The van der Waals surface area contributed by atoms with Crippen LogP contribution in [0.5, 0.6) is 0 Å². The Morgan fingerprint density at radius 2 is 1.88 bits per heavy atom. The number of imidazole rings is 1. The Labute approximate surface area is 237 Å². The Kier molecular flexibility index (Phi) is 9.65. The molecule has 0 spiro atoms. The van der Waals surface area contributed by atoms with Gasteiger partial charge in [-0.15, -0.1) is 0 Å². The lowest BCUT2D eigenvalue weighted by atomic mass is 9.80. The number of nitrogens with zero attached hydrogens (tertiary/aromatic N) is 3. The van der Waals surface area contributed by atoms with Gasteiger partial charge in [-0.25, -0.2) is 4.98 Å². The average molecular weight is 547 g/mol. The van der Waals surface area contributed by atoms with Gasteiger partial charge in [0, 0.05) is 51.6 Å². The van der Waals surface area contributed by atoms with Crippen LogP contribution >= 0.6 is 0 Å². The second-order valence-corrected chi connectivity index (χ2v) is 11.0. The van der Waals surface area contributed by atoms with Crippen molar-refractivity contribution < 1.29 is 19.4 Å². The Morgan fingerprint density at radius 3 is 2.65 bits per heavy atom. The highest BCUT2D eigenvalue weighted by Crippen LogP contribution is 2.41. The molecule has 40 heavy (non-hydrogen) atoms. The number of hydrogen-bond donors (Lipinski definition) is 2. The molecule has 8 nitrogen and oxygen atoms in total. The number of piperazine rings is 1. The molecule has 2 N–H and O–H groups in total. The number of hydrogen-bond acceptors (Lipinski definition) is 6. The number of ether oxygens (including phenoxy) is 2. The summed E-state index contributed by atoms with van der Waals surface area (Å²) in [5.74, 6) is -0.0600. The molecule has 0 bridgehead atoms. The minimum absolute atomic E-state index is 0.0320. The molecule has 2 fully saturated rings. The van der Waals surface area contributed by atoms with E-state index in [0.717, 1.165) is 56.5 Å². The summed E-state index contributed by atoms with van der Waals surface area (Å²) >= 11 is 0. The lowest BCUT2D eigenvalue weighted by molar-refractivity contribution is -0.100. The molecule has 1 aliphatic heterocycles. The van der Waals surface area contributed by atoms with E-state index in [2.05, 4.69) is 22.0 Å². The predicted molar refractivity (Wildman–Crippen MR) is 155 cm³/mol. The summed E-state index contributed by atoms with van der Waals surface area (Å²) in [6.45, 7) is 3.53. The van der Waals surface area contributed by atoms with Gasteiger partial charge in [-0.1, -0.05) is 73.5 Å². The molecule has 3 atom stereocenters. The Morgan fingerprint density at radius 1 is 1.10 bits per heavy atom. The number of aromatic nitrogens is 2. The van der Waals surface area contributed by atoms with Gasteiger partial charge in [-0.2, -0.15) is 0 Å². The summed E-state index contributed by atoms with van der Waals surface area (Å²) in [6, 6.07) is 20.1. The molecule has 3 aromatic rings. The van der Waals surface area contributed by atoms with E-state index in [9.17, 15) is 9.90 Å². The van der Waals surface area contributed by atoms with Gasteiger partial charge in [0.25, 0.3) is 5.91 Å². The fourth-order valence-corrected chi connectivity index (χ4v) is 6.19. The third kappa shape index (κ3) is 6.47. The number of methoxy groups -OCH3 is 1. The van der Waals surface area contributed by atoms with Gasteiger partial charge in [-0.3, -0.25) is 4.79 Å². The molecule has 1 aromatic heterocycles. The summed E-state index contributed by atoms with van der Waals surface area (Å²) in [7, 11) is 1.68. The zero-order valence-corrected chi connectivity index (χ0v) is 23.5. The number of aliphatic hydroxyl groups is 1. The van der Waals surface area contributed by atoms with Crippen LogP contribution in [0.4, 0.5) is 0 Å². The van der Waals surface area contributed by atoms with Gasteiger partial charge in [0.1, 0.15) is 5.60 Å². The molecule has 2 heterocycles. The highest BCUT2D eigenvalue weighted by Gasteiger charge is 2.42. The van der Waals surface area contributed by atoms with Crippen molar-refractivity contribution in [2.45, 2.75) is 56.2 Å².